The standard InChI is InChI=1S/C11H10NO/c1-13-9-5-6-10-8(7-9)3-2-4-11(10)12/h2-7,12H,1H3. The van der Waals surface area contributed by atoms with Crippen molar-refractivity contribution in [2.24, 2.45) is 0 Å². The van der Waals surface area contributed by atoms with Crippen LogP contribution in [0.5, 0.6) is 5.75 Å². The van der Waals surface area contributed by atoms with Crippen molar-refractivity contribution in [3.8, 4) is 5.75 Å². The Morgan fingerprint density at radius 2 is 2.00 bits per heavy atom. The van der Waals surface area contributed by atoms with E-state index in [0.29, 0.717) is 5.69 Å². The number of rotatable bonds is 1. The first-order valence-electron chi connectivity index (χ1n) is 4.09. The molecule has 2 nitrogen and oxygen atoms in total. The first-order valence-corrected chi connectivity index (χ1v) is 4.09. The molecule has 0 aromatic heterocycles. The van der Waals surface area contributed by atoms with Crippen molar-refractivity contribution in [3.63, 3.8) is 0 Å². The minimum atomic E-state index is 0.556. The second-order valence-electron chi connectivity index (χ2n) is 2.89. The molecule has 1 radical (unpaired) electrons. The minimum Gasteiger partial charge on any atom is -0.497 e. The van der Waals surface area contributed by atoms with E-state index in [-0.39, 0.29) is 0 Å². The van der Waals surface area contributed by atoms with Gasteiger partial charge in [0.05, 0.1) is 12.8 Å². The fourth-order valence-electron chi connectivity index (χ4n) is 1.39. The zero-order valence-electron chi connectivity index (χ0n) is 7.37. The molecule has 0 aliphatic rings. The van der Waals surface area contributed by atoms with Crippen LogP contribution in [0.3, 0.4) is 0 Å². The minimum absolute atomic E-state index is 0.556. The van der Waals surface area contributed by atoms with Crippen LogP contribution in [0.4, 0.5) is 5.69 Å². The van der Waals surface area contributed by atoms with Crippen LogP contribution in [-0.4, -0.2) is 7.11 Å². The molecule has 2 aromatic rings. The van der Waals surface area contributed by atoms with Crippen molar-refractivity contribution in [2.45, 2.75) is 0 Å². The Morgan fingerprint density at radius 3 is 2.77 bits per heavy atom. The highest BCUT2D eigenvalue weighted by molar-refractivity contribution is 5.92. The van der Waals surface area contributed by atoms with Gasteiger partial charge in [0.1, 0.15) is 5.75 Å². The second-order valence-corrected chi connectivity index (χ2v) is 2.89. The molecule has 0 bridgehead atoms. The maximum Gasteiger partial charge on any atom is 0.119 e. The number of hydrogen-bond acceptors (Lipinski definition) is 1. The zero-order chi connectivity index (χ0) is 9.26. The van der Waals surface area contributed by atoms with E-state index >= 15 is 0 Å². The van der Waals surface area contributed by atoms with E-state index < -0.39 is 0 Å². The van der Waals surface area contributed by atoms with Gasteiger partial charge in [-0.15, -0.1) is 0 Å². The first kappa shape index (κ1) is 7.92. The molecule has 0 heterocycles. The predicted molar refractivity (Wildman–Crippen MR) is 53.3 cm³/mol. The third-order valence-corrected chi connectivity index (χ3v) is 2.09. The predicted octanol–water partition coefficient (Wildman–Crippen LogP) is 2.76. The fourth-order valence-corrected chi connectivity index (χ4v) is 1.39. The fraction of sp³-hybridized carbons (Fsp3) is 0.0909. The topological polar surface area (TPSA) is 33.0 Å². The van der Waals surface area contributed by atoms with E-state index in [1.807, 2.05) is 30.3 Å². The van der Waals surface area contributed by atoms with Gasteiger partial charge in [-0.05, 0) is 29.7 Å². The normalized spacial score (nSPS) is 10.2. The molecule has 0 unspecified atom stereocenters. The Kier molecular flexibility index (Phi) is 1.81. The Hall–Kier alpha value is -1.70. The quantitative estimate of drug-likeness (QED) is 0.651. The largest absolute Gasteiger partial charge is 0.497 e. The van der Waals surface area contributed by atoms with E-state index in [0.717, 1.165) is 16.5 Å². The van der Waals surface area contributed by atoms with Crippen molar-refractivity contribution in [1.29, 1.82) is 0 Å². The summed E-state index contributed by atoms with van der Waals surface area (Å²) in [5, 5.41) is 2.01. The van der Waals surface area contributed by atoms with Gasteiger partial charge >= 0.3 is 0 Å². The van der Waals surface area contributed by atoms with Crippen LogP contribution < -0.4 is 10.5 Å². The van der Waals surface area contributed by atoms with Crippen molar-refractivity contribution in [3.05, 3.63) is 36.4 Å². The van der Waals surface area contributed by atoms with Gasteiger partial charge in [-0.25, -0.2) is 0 Å². The number of fused-ring (bicyclic) bond motifs is 1. The van der Waals surface area contributed by atoms with Crippen molar-refractivity contribution in [2.75, 3.05) is 7.11 Å². The summed E-state index contributed by atoms with van der Waals surface area (Å²) < 4.78 is 5.10. The summed E-state index contributed by atoms with van der Waals surface area (Å²) in [6, 6.07) is 11.4. The summed E-state index contributed by atoms with van der Waals surface area (Å²) in [5.74, 6) is 0.832. The van der Waals surface area contributed by atoms with Gasteiger partial charge in [-0.2, -0.15) is 0 Å². The molecule has 0 saturated heterocycles. The van der Waals surface area contributed by atoms with E-state index in [1.165, 1.54) is 0 Å². The molecule has 2 aromatic carbocycles. The number of nitrogens with one attached hydrogen (secondary N) is 1. The molecular weight excluding hydrogens is 162 g/mol. The molecule has 0 spiro atoms. The number of hydrogen-bond donors (Lipinski definition) is 0. The molecule has 0 fully saturated rings. The molecule has 0 saturated carbocycles. The van der Waals surface area contributed by atoms with Crippen LogP contribution in [-0.2, 0) is 0 Å². The Bertz CT molecular complexity index is 437. The average Bonchev–Trinajstić information content (AvgIpc) is 2.18. The molecule has 13 heavy (non-hydrogen) atoms. The van der Waals surface area contributed by atoms with Crippen LogP contribution in [0.15, 0.2) is 36.4 Å². The van der Waals surface area contributed by atoms with Crippen molar-refractivity contribution >= 4 is 16.5 Å². The zero-order valence-corrected chi connectivity index (χ0v) is 7.37. The average molecular weight is 172 g/mol. The second kappa shape index (κ2) is 2.98. The molecule has 1 N–H and O–H groups in total. The maximum absolute atomic E-state index is 7.65. The summed E-state index contributed by atoms with van der Waals surface area (Å²) in [6.07, 6.45) is 0. The molecule has 2 rings (SSSR count). The van der Waals surface area contributed by atoms with Gasteiger partial charge in [0.15, 0.2) is 0 Å². The molecule has 2 heteroatoms. The van der Waals surface area contributed by atoms with Gasteiger partial charge in [0, 0.05) is 5.39 Å². The van der Waals surface area contributed by atoms with Crippen LogP contribution in [0.25, 0.3) is 10.8 Å². The molecule has 0 atom stereocenters. The van der Waals surface area contributed by atoms with Crippen LogP contribution >= 0.6 is 0 Å². The highest BCUT2D eigenvalue weighted by atomic mass is 16.5. The lowest BCUT2D eigenvalue weighted by Gasteiger charge is -2.03. The van der Waals surface area contributed by atoms with E-state index in [9.17, 15) is 0 Å². The molecule has 65 valence electrons. The Balaban J connectivity index is 2.72. The number of benzene rings is 2. The van der Waals surface area contributed by atoms with E-state index in [1.54, 1.807) is 13.2 Å². The number of ether oxygens (including phenoxy) is 1. The lowest BCUT2D eigenvalue weighted by molar-refractivity contribution is 0.415. The lowest BCUT2D eigenvalue weighted by Crippen LogP contribution is -1.82. The monoisotopic (exact) mass is 172 g/mol. The third kappa shape index (κ3) is 1.31. The van der Waals surface area contributed by atoms with Crippen molar-refractivity contribution in [1.82, 2.24) is 5.73 Å². The Labute approximate surface area is 76.9 Å². The first-order chi connectivity index (χ1) is 6.31. The summed E-state index contributed by atoms with van der Waals surface area (Å²) >= 11 is 0. The summed E-state index contributed by atoms with van der Waals surface area (Å²) in [5.41, 5.74) is 8.21. The molecule has 0 amide bonds. The van der Waals surface area contributed by atoms with E-state index in [4.69, 9.17) is 10.5 Å². The van der Waals surface area contributed by atoms with Crippen LogP contribution in [0.1, 0.15) is 0 Å². The summed E-state index contributed by atoms with van der Waals surface area (Å²) in [4.78, 5) is 0. The summed E-state index contributed by atoms with van der Waals surface area (Å²) in [6.45, 7) is 0. The lowest BCUT2D eigenvalue weighted by atomic mass is 10.1. The SMILES string of the molecule is COc1ccc2c([NH])cccc2c1. The van der Waals surface area contributed by atoms with Gasteiger partial charge in [-0.1, -0.05) is 12.1 Å². The maximum atomic E-state index is 7.65. The van der Waals surface area contributed by atoms with Crippen LogP contribution in [0.2, 0.25) is 0 Å². The Morgan fingerprint density at radius 1 is 1.15 bits per heavy atom. The van der Waals surface area contributed by atoms with Gasteiger partial charge in [0.2, 0.25) is 0 Å². The van der Waals surface area contributed by atoms with Gasteiger partial charge in [-0.3, -0.25) is 0 Å². The number of methoxy groups -OCH3 is 1. The summed E-state index contributed by atoms with van der Waals surface area (Å²) in [7, 11) is 1.64. The molecule has 0 aliphatic heterocycles. The highest BCUT2D eigenvalue weighted by Crippen LogP contribution is 2.25. The van der Waals surface area contributed by atoms with Crippen LogP contribution in [0, 0.1) is 0 Å². The van der Waals surface area contributed by atoms with Crippen molar-refractivity contribution < 1.29 is 4.74 Å². The third-order valence-electron chi connectivity index (χ3n) is 2.09. The van der Waals surface area contributed by atoms with Gasteiger partial charge in [0.25, 0.3) is 0 Å². The molecular formula is C11H10NO. The van der Waals surface area contributed by atoms with Gasteiger partial charge < -0.3 is 10.5 Å². The van der Waals surface area contributed by atoms with E-state index in [2.05, 4.69) is 0 Å². The smallest absolute Gasteiger partial charge is 0.119 e. The molecule has 0 aliphatic carbocycles. The highest BCUT2D eigenvalue weighted by Gasteiger charge is 1.98.